The average molecular weight is 245 g/mol. The maximum atomic E-state index is 9.50. The summed E-state index contributed by atoms with van der Waals surface area (Å²) in [4.78, 5) is 0. The van der Waals surface area contributed by atoms with E-state index in [1.54, 1.807) is 24.5 Å². The summed E-state index contributed by atoms with van der Waals surface area (Å²) in [6, 6.07) is 12.6. The Balaban J connectivity index is 2.23. The van der Waals surface area contributed by atoms with Gasteiger partial charge in [-0.25, -0.2) is 0 Å². The number of hydrogen-bond acceptors (Lipinski definition) is 2. The van der Waals surface area contributed by atoms with Gasteiger partial charge in [-0.1, -0.05) is 23.7 Å². The molecule has 0 saturated heterocycles. The molecule has 3 heteroatoms. The molecular weight excluding hydrogens is 236 g/mol. The van der Waals surface area contributed by atoms with Crippen molar-refractivity contribution in [2.45, 2.75) is 0 Å². The molecule has 2 nitrogen and oxygen atoms in total. The van der Waals surface area contributed by atoms with Crippen molar-refractivity contribution in [3.63, 3.8) is 0 Å². The first-order valence-corrected chi connectivity index (χ1v) is 5.58. The van der Waals surface area contributed by atoms with Gasteiger partial charge in [-0.3, -0.25) is 0 Å². The van der Waals surface area contributed by atoms with Gasteiger partial charge < -0.3 is 9.52 Å². The molecule has 2 aromatic carbocycles. The average Bonchev–Trinajstić information content (AvgIpc) is 2.73. The maximum Gasteiger partial charge on any atom is 0.134 e. The number of aromatic hydroxyl groups is 1. The van der Waals surface area contributed by atoms with Gasteiger partial charge in [-0.05, 0) is 35.9 Å². The lowest BCUT2D eigenvalue weighted by Crippen LogP contribution is -1.75. The first-order chi connectivity index (χ1) is 8.24. The standard InChI is InChI=1S/C14H9ClO2/c15-10-3-1-9(2-4-10)13-8-17-14-6-5-11(16)7-12(13)14/h1-8,16H. The molecule has 0 aliphatic carbocycles. The van der Waals surface area contributed by atoms with E-state index in [0.29, 0.717) is 5.02 Å². The number of fused-ring (bicyclic) bond motifs is 1. The molecule has 84 valence electrons. The first-order valence-electron chi connectivity index (χ1n) is 5.20. The number of halogens is 1. The second-order valence-corrected chi connectivity index (χ2v) is 4.27. The summed E-state index contributed by atoms with van der Waals surface area (Å²) in [5.41, 5.74) is 2.72. The van der Waals surface area contributed by atoms with Crippen molar-refractivity contribution >= 4 is 22.6 Å². The summed E-state index contributed by atoms with van der Waals surface area (Å²) in [6.07, 6.45) is 1.69. The SMILES string of the molecule is Oc1ccc2occ(-c3ccc(Cl)cc3)c2c1. The fourth-order valence-electron chi connectivity index (χ4n) is 1.87. The number of benzene rings is 2. The summed E-state index contributed by atoms with van der Waals surface area (Å²) in [6.45, 7) is 0. The molecule has 17 heavy (non-hydrogen) atoms. The van der Waals surface area contributed by atoms with Crippen LogP contribution in [0.4, 0.5) is 0 Å². The van der Waals surface area contributed by atoms with E-state index in [9.17, 15) is 5.11 Å². The lowest BCUT2D eigenvalue weighted by atomic mass is 10.0. The van der Waals surface area contributed by atoms with Gasteiger partial charge in [0.1, 0.15) is 11.3 Å². The third-order valence-electron chi connectivity index (χ3n) is 2.71. The molecule has 0 saturated carbocycles. The summed E-state index contributed by atoms with van der Waals surface area (Å²) >= 11 is 5.85. The molecule has 0 aliphatic rings. The van der Waals surface area contributed by atoms with Gasteiger partial charge in [0.15, 0.2) is 0 Å². The molecule has 3 rings (SSSR count). The molecule has 3 aromatic rings. The van der Waals surface area contributed by atoms with Crippen LogP contribution in [0.2, 0.25) is 5.02 Å². The van der Waals surface area contributed by atoms with Crippen molar-refractivity contribution < 1.29 is 9.52 Å². The van der Waals surface area contributed by atoms with Gasteiger partial charge in [0.25, 0.3) is 0 Å². The fourth-order valence-corrected chi connectivity index (χ4v) is 2.00. The second-order valence-electron chi connectivity index (χ2n) is 3.84. The Morgan fingerprint density at radius 1 is 1.00 bits per heavy atom. The fraction of sp³-hybridized carbons (Fsp3) is 0. The van der Waals surface area contributed by atoms with Crippen LogP contribution in [-0.2, 0) is 0 Å². The van der Waals surface area contributed by atoms with Crippen LogP contribution < -0.4 is 0 Å². The van der Waals surface area contributed by atoms with Gasteiger partial charge in [0.2, 0.25) is 0 Å². The summed E-state index contributed by atoms with van der Waals surface area (Å²) in [5.74, 6) is 0.231. The van der Waals surface area contributed by atoms with Crippen molar-refractivity contribution in [3.8, 4) is 16.9 Å². The van der Waals surface area contributed by atoms with E-state index in [1.807, 2.05) is 24.3 Å². The van der Waals surface area contributed by atoms with Crippen molar-refractivity contribution in [3.05, 3.63) is 53.8 Å². The Morgan fingerprint density at radius 3 is 2.53 bits per heavy atom. The van der Waals surface area contributed by atoms with E-state index in [2.05, 4.69) is 0 Å². The normalized spacial score (nSPS) is 10.9. The quantitative estimate of drug-likeness (QED) is 0.686. The molecule has 1 aromatic heterocycles. The number of furan rings is 1. The molecule has 0 bridgehead atoms. The van der Waals surface area contributed by atoms with Crippen molar-refractivity contribution in [2.24, 2.45) is 0 Å². The Kier molecular flexibility index (Phi) is 2.30. The molecular formula is C14H9ClO2. The van der Waals surface area contributed by atoms with Gasteiger partial charge in [-0.15, -0.1) is 0 Å². The van der Waals surface area contributed by atoms with Crippen molar-refractivity contribution in [1.29, 1.82) is 0 Å². The van der Waals surface area contributed by atoms with Crippen LogP contribution in [0.25, 0.3) is 22.1 Å². The number of hydrogen-bond donors (Lipinski definition) is 1. The Labute approximate surface area is 103 Å². The van der Waals surface area contributed by atoms with Crippen LogP contribution in [0, 0.1) is 0 Å². The molecule has 1 N–H and O–H groups in total. The van der Waals surface area contributed by atoms with Crippen LogP contribution in [-0.4, -0.2) is 5.11 Å². The second kappa shape index (κ2) is 3.82. The van der Waals surface area contributed by atoms with Crippen LogP contribution in [0.15, 0.2) is 53.1 Å². The zero-order valence-electron chi connectivity index (χ0n) is 8.85. The Hall–Kier alpha value is -1.93. The number of phenols is 1. The largest absolute Gasteiger partial charge is 0.508 e. The summed E-state index contributed by atoms with van der Waals surface area (Å²) in [7, 11) is 0. The van der Waals surface area contributed by atoms with E-state index < -0.39 is 0 Å². The Bertz CT molecular complexity index is 668. The molecule has 0 fully saturated rings. The Morgan fingerprint density at radius 2 is 1.76 bits per heavy atom. The third kappa shape index (κ3) is 1.77. The van der Waals surface area contributed by atoms with Crippen LogP contribution in [0.3, 0.4) is 0 Å². The highest BCUT2D eigenvalue weighted by molar-refractivity contribution is 6.30. The molecule has 0 amide bonds. The van der Waals surface area contributed by atoms with E-state index in [1.165, 1.54) is 0 Å². The predicted octanol–water partition coefficient (Wildman–Crippen LogP) is 4.46. The van der Waals surface area contributed by atoms with Crippen molar-refractivity contribution in [1.82, 2.24) is 0 Å². The maximum absolute atomic E-state index is 9.50. The lowest BCUT2D eigenvalue weighted by Gasteiger charge is -1.99. The number of phenolic OH excluding ortho intramolecular Hbond substituents is 1. The molecule has 0 atom stereocenters. The minimum Gasteiger partial charge on any atom is -0.508 e. The highest BCUT2D eigenvalue weighted by atomic mass is 35.5. The molecule has 1 heterocycles. The van der Waals surface area contributed by atoms with Gasteiger partial charge >= 0.3 is 0 Å². The van der Waals surface area contributed by atoms with E-state index in [4.69, 9.17) is 16.0 Å². The van der Waals surface area contributed by atoms with Crippen molar-refractivity contribution in [2.75, 3.05) is 0 Å². The smallest absolute Gasteiger partial charge is 0.134 e. The van der Waals surface area contributed by atoms with Crippen LogP contribution in [0.1, 0.15) is 0 Å². The van der Waals surface area contributed by atoms with Crippen LogP contribution in [0.5, 0.6) is 5.75 Å². The monoisotopic (exact) mass is 244 g/mol. The van der Waals surface area contributed by atoms with Gasteiger partial charge in [0.05, 0.1) is 6.26 Å². The molecule has 0 spiro atoms. The molecule has 0 unspecified atom stereocenters. The predicted molar refractivity (Wildman–Crippen MR) is 68.3 cm³/mol. The van der Waals surface area contributed by atoms with Gasteiger partial charge in [-0.2, -0.15) is 0 Å². The highest BCUT2D eigenvalue weighted by Crippen LogP contribution is 2.33. The zero-order valence-corrected chi connectivity index (χ0v) is 9.61. The topological polar surface area (TPSA) is 33.4 Å². The molecule has 0 radical (unpaired) electrons. The highest BCUT2D eigenvalue weighted by Gasteiger charge is 2.08. The third-order valence-corrected chi connectivity index (χ3v) is 2.96. The van der Waals surface area contributed by atoms with Gasteiger partial charge in [0, 0.05) is 16.0 Å². The minimum absolute atomic E-state index is 0.231. The van der Waals surface area contributed by atoms with E-state index in [-0.39, 0.29) is 5.75 Å². The molecule has 0 aliphatic heterocycles. The lowest BCUT2D eigenvalue weighted by molar-refractivity contribution is 0.476. The zero-order chi connectivity index (χ0) is 11.8. The first kappa shape index (κ1) is 10.2. The summed E-state index contributed by atoms with van der Waals surface area (Å²) in [5, 5.41) is 11.1. The minimum atomic E-state index is 0.231. The van der Waals surface area contributed by atoms with Crippen LogP contribution >= 0.6 is 11.6 Å². The van der Waals surface area contributed by atoms with E-state index in [0.717, 1.165) is 22.1 Å². The number of rotatable bonds is 1. The van der Waals surface area contributed by atoms with E-state index >= 15 is 0 Å². The summed E-state index contributed by atoms with van der Waals surface area (Å²) < 4.78 is 5.44.